The van der Waals surface area contributed by atoms with E-state index in [1.54, 1.807) is 0 Å². The molecule has 0 aliphatic carbocycles. The largest absolute Gasteiger partial charge is 0.446 e. The van der Waals surface area contributed by atoms with Gasteiger partial charge in [-0.2, -0.15) is 13.2 Å². The summed E-state index contributed by atoms with van der Waals surface area (Å²) in [5.41, 5.74) is -4.73. The normalized spacial score (nSPS) is 12.4. The topological polar surface area (TPSA) is 89.3 Å². The summed E-state index contributed by atoms with van der Waals surface area (Å²) < 4.78 is 49.4. The van der Waals surface area contributed by atoms with E-state index in [1.807, 2.05) is 0 Å². The van der Waals surface area contributed by atoms with E-state index in [9.17, 15) is 32.3 Å². The molecule has 0 bridgehead atoms. The van der Waals surface area contributed by atoms with Crippen molar-refractivity contribution in [1.82, 2.24) is 0 Å². The van der Waals surface area contributed by atoms with Crippen molar-refractivity contribution in [3.63, 3.8) is 0 Å². The van der Waals surface area contributed by atoms with Crippen LogP contribution in [0.15, 0.2) is 58.3 Å². The number of thioether (sulfide) groups is 1. The molecule has 0 saturated carbocycles. The zero-order chi connectivity index (χ0) is 19.3. The molecule has 2 rings (SSSR count). The summed E-state index contributed by atoms with van der Waals surface area (Å²) in [6.45, 7) is 0. The Morgan fingerprint density at radius 1 is 1.19 bits per heavy atom. The summed E-state index contributed by atoms with van der Waals surface area (Å²) in [5.74, 6) is -1.31. The van der Waals surface area contributed by atoms with Gasteiger partial charge >= 0.3 is 5.51 Å². The molecule has 2 aromatic rings. The number of nitrogens with zero attached hydrogens (tertiary/aromatic N) is 1. The first-order valence-corrected chi connectivity index (χ1v) is 9.07. The van der Waals surface area contributed by atoms with Crippen LogP contribution in [0.3, 0.4) is 0 Å². The molecule has 6 nitrogen and oxygen atoms in total. The Labute approximate surface area is 152 Å². The molecule has 1 atom stereocenters. The summed E-state index contributed by atoms with van der Waals surface area (Å²) in [4.78, 5) is 22.0. The maximum Gasteiger partial charge on any atom is 0.446 e. The van der Waals surface area contributed by atoms with E-state index in [4.69, 9.17) is 0 Å². The van der Waals surface area contributed by atoms with Crippen LogP contribution in [-0.4, -0.2) is 26.3 Å². The smallest absolute Gasteiger partial charge is 0.325 e. The maximum absolute atomic E-state index is 12.4. The lowest BCUT2D eigenvalue weighted by Crippen LogP contribution is -2.20. The van der Waals surface area contributed by atoms with E-state index in [-0.39, 0.29) is 32.9 Å². The molecule has 0 aliphatic rings. The minimum absolute atomic E-state index is 0.101. The van der Waals surface area contributed by atoms with Crippen LogP contribution in [-0.2, 0) is 15.6 Å². The molecule has 0 aromatic heterocycles. The predicted molar refractivity (Wildman–Crippen MR) is 91.4 cm³/mol. The molecule has 26 heavy (non-hydrogen) atoms. The van der Waals surface area contributed by atoms with Crippen LogP contribution in [0.5, 0.6) is 0 Å². The van der Waals surface area contributed by atoms with Gasteiger partial charge in [-0.3, -0.25) is 19.1 Å². The Bertz CT molecular complexity index is 859. The monoisotopic (exact) mass is 404 g/mol. The zero-order valence-corrected chi connectivity index (χ0v) is 14.5. The Morgan fingerprint density at radius 2 is 1.88 bits per heavy atom. The second-order valence-corrected chi connectivity index (χ2v) is 7.40. The molecule has 1 N–H and O–H groups in total. The Balaban J connectivity index is 2.06. The van der Waals surface area contributed by atoms with Crippen LogP contribution in [0.2, 0.25) is 0 Å². The summed E-state index contributed by atoms with van der Waals surface area (Å²) in [5, 5.41) is 13.3. The minimum Gasteiger partial charge on any atom is -0.325 e. The first kappa shape index (κ1) is 19.9. The Kier molecular flexibility index (Phi) is 6.37. The van der Waals surface area contributed by atoms with Gasteiger partial charge in [-0.05, 0) is 36.0 Å². The number of nitro groups is 1. The van der Waals surface area contributed by atoms with Crippen molar-refractivity contribution in [1.29, 1.82) is 0 Å². The second-order valence-electron chi connectivity index (χ2n) is 4.84. The van der Waals surface area contributed by atoms with Crippen LogP contribution in [0.25, 0.3) is 0 Å². The van der Waals surface area contributed by atoms with Gasteiger partial charge in [0, 0.05) is 16.6 Å². The van der Waals surface area contributed by atoms with Gasteiger partial charge in [0.15, 0.2) is 0 Å². The minimum atomic E-state index is -4.46. The predicted octanol–water partition coefficient (Wildman–Crippen LogP) is 3.95. The van der Waals surface area contributed by atoms with Crippen molar-refractivity contribution in [2.24, 2.45) is 0 Å². The molecule has 1 amide bonds. The average molecular weight is 404 g/mol. The molecule has 0 radical (unpaired) electrons. The van der Waals surface area contributed by atoms with Crippen molar-refractivity contribution >= 4 is 39.8 Å². The highest BCUT2D eigenvalue weighted by Gasteiger charge is 2.29. The van der Waals surface area contributed by atoms with Crippen molar-refractivity contribution in [3.05, 3.63) is 58.6 Å². The number of benzene rings is 2. The summed E-state index contributed by atoms with van der Waals surface area (Å²) >= 11 is -0.328. The summed E-state index contributed by atoms with van der Waals surface area (Å²) in [6, 6.07) is 10.4. The molecule has 0 aliphatic heterocycles. The molecular weight excluding hydrogens is 393 g/mol. The highest BCUT2D eigenvalue weighted by molar-refractivity contribution is 8.00. The maximum atomic E-state index is 12.4. The number of hydrogen-bond donors (Lipinski definition) is 1. The molecule has 2 aromatic carbocycles. The molecule has 0 heterocycles. The second kappa shape index (κ2) is 8.32. The fourth-order valence-corrected chi connectivity index (χ4v) is 3.64. The third kappa shape index (κ3) is 5.85. The van der Waals surface area contributed by atoms with Crippen LogP contribution in [0, 0.1) is 10.1 Å². The number of nitro benzene ring substituents is 1. The molecule has 0 spiro atoms. The molecule has 1 unspecified atom stereocenters. The number of para-hydroxylation sites is 1. The van der Waals surface area contributed by atoms with Crippen LogP contribution < -0.4 is 5.32 Å². The number of carbonyl (C=O) groups is 1. The highest BCUT2D eigenvalue weighted by atomic mass is 32.2. The van der Waals surface area contributed by atoms with Gasteiger partial charge in [-0.1, -0.05) is 18.2 Å². The molecule has 0 saturated heterocycles. The van der Waals surface area contributed by atoms with E-state index >= 15 is 0 Å². The van der Waals surface area contributed by atoms with Crippen molar-refractivity contribution in [2.45, 2.75) is 15.3 Å². The van der Waals surface area contributed by atoms with E-state index in [0.717, 1.165) is 6.07 Å². The van der Waals surface area contributed by atoms with Crippen LogP contribution >= 0.6 is 11.8 Å². The number of amides is 1. The van der Waals surface area contributed by atoms with Crippen LogP contribution in [0.1, 0.15) is 0 Å². The molecular formula is C15H11F3N2O4S2. The fraction of sp³-hybridized carbons (Fsp3) is 0.133. The number of carbonyl (C=O) groups excluding carboxylic acids is 1. The van der Waals surface area contributed by atoms with Gasteiger partial charge in [0.2, 0.25) is 5.91 Å². The van der Waals surface area contributed by atoms with Gasteiger partial charge < -0.3 is 5.32 Å². The summed E-state index contributed by atoms with van der Waals surface area (Å²) in [6.07, 6.45) is 0. The number of hydrogen-bond acceptors (Lipinski definition) is 5. The highest BCUT2D eigenvalue weighted by Crippen LogP contribution is 2.37. The van der Waals surface area contributed by atoms with Gasteiger partial charge in [0.1, 0.15) is 10.6 Å². The molecule has 138 valence electrons. The number of halogens is 3. The van der Waals surface area contributed by atoms with Gasteiger partial charge in [-0.15, -0.1) is 0 Å². The lowest BCUT2D eigenvalue weighted by molar-refractivity contribution is -0.387. The quantitative estimate of drug-likeness (QED) is 0.447. The van der Waals surface area contributed by atoms with E-state index in [2.05, 4.69) is 5.32 Å². The molecule has 0 fully saturated rings. The van der Waals surface area contributed by atoms with E-state index in [1.165, 1.54) is 42.5 Å². The number of rotatable bonds is 6. The van der Waals surface area contributed by atoms with Gasteiger partial charge in [0.25, 0.3) is 5.69 Å². The van der Waals surface area contributed by atoms with E-state index in [0.29, 0.717) is 0 Å². The third-order valence-electron chi connectivity index (χ3n) is 2.92. The van der Waals surface area contributed by atoms with Gasteiger partial charge in [0.05, 0.1) is 15.7 Å². The lowest BCUT2D eigenvalue weighted by atomic mass is 10.3. The SMILES string of the molecule is O=C(CS(=O)c1ccccc1[N+](=O)[O-])Nc1cccc(SC(F)(F)F)c1. The Morgan fingerprint density at radius 3 is 2.54 bits per heavy atom. The number of anilines is 1. The third-order valence-corrected chi connectivity index (χ3v) is 5.00. The van der Waals surface area contributed by atoms with Crippen molar-refractivity contribution in [3.8, 4) is 0 Å². The lowest BCUT2D eigenvalue weighted by Gasteiger charge is -2.09. The molecule has 11 heteroatoms. The van der Waals surface area contributed by atoms with Crippen LogP contribution in [0.4, 0.5) is 24.5 Å². The Hall–Kier alpha value is -2.40. The van der Waals surface area contributed by atoms with Crippen molar-refractivity contribution < 1.29 is 27.1 Å². The van der Waals surface area contributed by atoms with Crippen molar-refractivity contribution in [2.75, 3.05) is 11.1 Å². The fourth-order valence-electron chi connectivity index (χ4n) is 1.97. The standard InChI is InChI=1S/C15H11F3N2O4S2/c16-15(17,18)25-11-5-3-4-10(8-11)19-14(21)9-26(24)13-7-2-1-6-12(13)20(22)23/h1-8H,9H2,(H,19,21). The van der Waals surface area contributed by atoms with E-state index < -0.39 is 32.9 Å². The van der Waals surface area contributed by atoms with Gasteiger partial charge in [-0.25, -0.2) is 0 Å². The summed E-state index contributed by atoms with van der Waals surface area (Å²) in [7, 11) is -1.98. The number of nitrogens with one attached hydrogen (secondary N) is 1. The zero-order valence-electron chi connectivity index (χ0n) is 12.9. The average Bonchev–Trinajstić information content (AvgIpc) is 2.53. The first-order valence-electron chi connectivity index (χ1n) is 6.93. The first-order chi connectivity index (χ1) is 12.2. The number of alkyl halides is 3.